The molecule has 0 heterocycles. The van der Waals surface area contributed by atoms with Gasteiger partial charge in [-0.3, -0.25) is 4.79 Å². The maximum absolute atomic E-state index is 11.5. The van der Waals surface area contributed by atoms with E-state index >= 15 is 0 Å². The monoisotopic (exact) mass is 200 g/mol. The quantitative estimate of drug-likeness (QED) is 0.691. The molecule has 1 N–H and O–H groups in total. The number of methoxy groups -OCH3 is 1. The van der Waals surface area contributed by atoms with E-state index in [2.05, 4.69) is 0 Å². The molecule has 0 radical (unpaired) electrons. The lowest BCUT2D eigenvalue weighted by atomic mass is 9.70. The van der Waals surface area contributed by atoms with Gasteiger partial charge in [0, 0.05) is 0 Å². The van der Waals surface area contributed by atoms with Gasteiger partial charge in [0.25, 0.3) is 0 Å². The maximum atomic E-state index is 11.5. The lowest BCUT2D eigenvalue weighted by Crippen LogP contribution is -2.37. The average molecular weight is 200 g/mol. The highest BCUT2D eigenvalue weighted by atomic mass is 16.5. The second kappa shape index (κ2) is 4.30. The van der Waals surface area contributed by atoms with Crippen molar-refractivity contribution in [3.05, 3.63) is 0 Å². The first-order valence-electron chi connectivity index (χ1n) is 5.25. The summed E-state index contributed by atoms with van der Waals surface area (Å²) in [4.78, 5) is 11.5. The van der Waals surface area contributed by atoms with E-state index in [4.69, 9.17) is 4.74 Å². The highest BCUT2D eigenvalue weighted by Gasteiger charge is 2.39. The Hall–Kier alpha value is -0.570. The lowest BCUT2D eigenvalue weighted by molar-refractivity contribution is -0.155. The van der Waals surface area contributed by atoms with Crippen LogP contribution in [0.1, 0.15) is 39.5 Å². The summed E-state index contributed by atoms with van der Waals surface area (Å²) < 4.78 is 4.79. The van der Waals surface area contributed by atoms with Crippen LogP contribution in [0.25, 0.3) is 0 Å². The van der Waals surface area contributed by atoms with Gasteiger partial charge in [-0.15, -0.1) is 0 Å². The van der Waals surface area contributed by atoms with Crippen LogP contribution < -0.4 is 0 Å². The van der Waals surface area contributed by atoms with Crippen LogP contribution in [0.3, 0.4) is 0 Å². The first kappa shape index (κ1) is 11.5. The van der Waals surface area contributed by atoms with Gasteiger partial charge in [-0.25, -0.2) is 0 Å². The van der Waals surface area contributed by atoms with Crippen LogP contribution in [0.2, 0.25) is 0 Å². The van der Waals surface area contributed by atoms with Gasteiger partial charge in [-0.2, -0.15) is 0 Å². The molecule has 3 heteroatoms. The molecule has 0 aromatic rings. The number of hydrogen-bond acceptors (Lipinski definition) is 3. The van der Waals surface area contributed by atoms with E-state index < -0.39 is 5.41 Å². The summed E-state index contributed by atoms with van der Waals surface area (Å²) in [5.41, 5.74) is -0.408. The number of aliphatic hydroxyl groups is 1. The lowest BCUT2D eigenvalue weighted by Gasteiger charge is -2.35. The van der Waals surface area contributed by atoms with Crippen LogP contribution in [0, 0.1) is 11.3 Å². The second-order valence-electron chi connectivity index (χ2n) is 4.72. The summed E-state index contributed by atoms with van der Waals surface area (Å²) in [6.07, 6.45) is 3.29. The number of hydrogen-bond donors (Lipinski definition) is 1. The van der Waals surface area contributed by atoms with Crippen molar-refractivity contribution in [3.8, 4) is 0 Å². The summed E-state index contributed by atoms with van der Waals surface area (Å²) in [6.45, 7) is 3.86. The normalized spacial score (nSPS) is 28.6. The number of rotatable bonds is 2. The fraction of sp³-hybridized carbons (Fsp3) is 0.909. The predicted molar refractivity (Wildman–Crippen MR) is 53.8 cm³/mol. The molecule has 0 aromatic heterocycles. The highest BCUT2D eigenvalue weighted by molar-refractivity contribution is 5.76. The first-order valence-corrected chi connectivity index (χ1v) is 5.25. The molecular weight excluding hydrogens is 180 g/mol. The molecule has 1 rings (SSSR count). The van der Waals surface area contributed by atoms with E-state index in [1.54, 1.807) is 0 Å². The van der Waals surface area contributed by atoms with Crippen molar-refractivity contribution < 1.29 is 14.6 Å². The van der Waals surface area contributed by atoms with Crippen molar-refractivity contribution in [2.45, 2.75) is 45.6 Å². The van der Waals surface area contributed by atoms with E-state index in [1.165, 1.54) is 7.11 Å². The summed E-state index contributed by atoms with van der Waals surface area (Å²) in [6, 6.07) is 0. The minimum absolute atomic E-state index is 0.140. The summed E-state index contributed by atoms with van der Waals surface area (Å²) in [5, 5.41) is 9.37. The standard InChI is InChI=1S/C11H20O3/c1-11(2,10(13)14-3)8-4-6-9(12)7-5-8/h8-9,12H,4-7H2,1-3H3/t8-,9-. The Morgan fingerprint density at radius 3 is 2.21 bits per heavy atom. The van der Waals surface area contributed by atoms with Gasteiger partial charge in [-0.1, -0.05) is 0 Å². The second-order valence-corrected chi connectivity index (χ2v) is 4.72. The zero-order chi connectivity index (χ0) is 10.8. The SMILES string of the molecule is COC(=O)C(C)(C)[C@H]1CC[C@H](O)CC1. The molecular formula is C11H20O3. The number of ether oxygens (including phenoxy) is 1. The summed E-state index contributed by atoms with van der Waals surface area (Å²) in [5.74, 6) is 0.206. The minimum Gasteiger partial charge on any atom is -0.469 e. The van der Waals surface area contributed by atoms with E-state index in [0.29, 0.717) is 5.92 Å². The number of esters is 1. The molecule has 0 bridgehead atoms. The van der Waals surface area contributed by atoms with Crippen LogP contribution in [-0.2, 0) is 9.53 Å². The zero-order valence-corrected chi connectivity index (χ0v) is 9.25. The third kappa shape index (κ3) is 2.27. The number of carbonyl (C=O) groups is 1. The molecule has 3 nitrogen and oxygen atoms in total. The molecule has 1 aliphatic rings. The maximum Gasteiger partial charge on any atom is 0.311 e. The first-order chi connectivity index (χ1) is 6.48. The molecule has 82 valence electrons. The van der Waals surface area contributed by atoms with Gasteiger partial charge < -0.3 is 9.84 Å². The largest absolute Gasteiger partial charge is 0.469 e. The van der Waals surface area contributed by atoms with Crippen LogP contribution in [0.15, 0.2) is 0 Å². The van der Waals surface area contributed by atoms with Crippen molar-refractivity contribution in [1.29, 1.82) is 0 Å². The Morgan fingerprint density at radius 2 is 1.79 bits per heavy atom. The third-order valence-electron chi connectivity index (χ3n) is 3.43. The van der Waals surface area contributed by atoms with Crippen molar-refractivity contribution in [2.75, 3.05) is 7.11 Å². The summed E-state index contributed by atoms with van der Waals surface area (Å²) in [7, 11) is 1.43. The summed E-state index contributed by atoms with van der Waals surface area (Å²) >= 11 is 0. The minimum atomic E-state index is -0.408. The van der Waals surface area contributed by atoms with Gasteiger partial charge in [0.2, 0.25) is 0 Å². The van der Waals surface area contributed by atoms with Crippen molar-refractivity contribution >= 4 is 5.97 Å². The van der Waals surface area contributed by atoms with Gasteiger partial charge in [-0.05, 0) is 45.4 Å². The Bertz CT molecular complexity index is 203. The molecule has 0 aliphatic heterocycles. The Balaban J connectivity index is 2.59. The van der Waals surface area contributed by atoms with E-state index in [-0.39, 0.29) is 12.1 Å². The topological polar surface area (TPSA) is 46.5 Å². The Labute approximate surface area is 85.5 Å². The molecule has 0 unspecified atom stereocenters. The van der Waals surface area contributed by atoms with Crippen LogP contribution in [0.5, 0.6) is 0 Å². The Kier molecular flexibility index (Phi) is 3.53. The van der Waals surface area contributed by atoms with Crippen LogP contribution in [-0.4, -0.2) is 24.3 Å². The van der Waals surface area contributed by atoms with Gasteiger partial charge in [0.15, 0.2) is 0 Å². The molecule has 1 fully saturated rings. The van der Waals surface area contributed by atoms with Gasteiger partial charge in [0.1, 0.15) is 0 Å². The van der Waals surface area contributed by atoms with Crippen molar-refractivity contribution in [1.82, 2.24) is 0 Å². The Morgan fingerprint density at radius 1 is 1.29 bits per heavy atom. The van der Waals surface area contributed by atoms with Crippen LogP contribution >= 0.6 is 0 Å². The zero-order valence-electron chi connectivity index (χ0n) is 9.25. The smallest absolute Gasteiger partial charge is 0.311 e. The molecule has 0 saturated heterocycles. The van der Waals surface area contributed by atoms with E-state index in [9.17, 15) is 9.90 Å². The molecule has 1 aliphatic carbocycles. The molecule has 0 atom stereocenters. The molecule has 1 saturated carbocycles. The van der Waals surface area contributed by atoms with Gasteiger partial charge in [0.05, 0.1) is 18.6 Å². The molecule has 0 amide bonds. The van der Waals surface area contributed by atoms with E-state index in [1.807, 2.05) is 13.8 Å². The van der Waals surface area contributed by atoms with Crippen molar-refractivity contribution in [3.63, 3.8) is 0 Å². The average Bonchev–Trinajstić information content (AvgIpc) is 2.17. The molecule has 0 spiro atoms. The highest BCUT2D eigenvalue weighted by Crippen LogP contribution is 2.38. The fourth-order valence-electron chi connectivity index (χ4n) is 2.23. The molecule has 0 aromatic carbocycles. The van der Waals surface area contributed by atoms with Crippen molar-refractivity contribution in [2.24, 2.45) is 11.3 Å². The predicted octanol–water partition coefficient (Wildman–Crippen LogP) is 1.74. The van der Waals surface area contributed by atoms with E-state index in [0.717, 1.165) is 25.7 Å². The number of aliphatic hydroxyl groups excluding tert-OH is 1. The fourth-order valence-corrected chi connectivity index (χ4v) is 2.23. The number of carbonyl (C=O) groups excluding carboxylic acids is 1. The third-order valence-corrected chi connectivity index (χ3v) is 3.43. The van der Waals surface area contributed by atoms with Crippen LogP contribution in [0.4, 0.5) is 0 Å². The van der Waals surface area contributed by atoms with Gasteiger partial charge >= 0.3 is 5.97 Å². The molecule has 14 heavy (non-hydrogen) atoms.